The Morgan fingerprint density at radius 1 is 1.22 bits per heavy atom. The van der Waals surface area contributed by atoms with Crippen LogP contribution >= 0.6 is 0 Å². The minimum Gasteiger partial charge on any atom is -0.478 e. The van der Waals surface area contributed by atoms with Crippen molar-refractivity contribution < 1.29 is 9.90 Å². The van der Waals surface area contributed by atoms with Crippen LogP contribution in [0.2, 0.25) is 0 Å². The Kier molecular flexibility index (Phi) is 6.17. The lowest BCUT2D eigenvalue weighted by Gasteiger charge is -2.30. The fraction of sp³-hybridized carbons (Fsp3) is 0.450. The molecule has 1 fully saturated rings. The van der Waals surface area contributed by atoms with Crippen molar-refractivity contribution in [3.8, 4) is 0 Å². The smallest absolute Gasteiger partial charge is 0.328 e. The molecule has 1 aliphatic rings. The summed E-state index contributed by atoms with van der Waals surface area (Å²) in [5.74, 6) is -0.923. The largest absolute Gasteiger partial charge is 0.478 e. The van der Waals surface area contributed by atoms with Crippen LogP contribution in [0.25, 0.3) is 12.2 Å². The number of aliphatic carboxylic acids is 1. The molecule has 1 saturated carbocycles. The van der Waals surface area contributed by atoms with E-state index in [1.807, 2.05) is 24.3 Å². The SMILES string of the molecule is CCC(C)NC1(/C=C/c2ccc(/C=C/C(=O)O)cc2)CCCC1. The summed E-state index contributed by atoms with van der Waals surface area (Å²) in [6, 6.07) is 8.49. The quantitative estimate of drug-likeness (QED) is 0.729. The lowest BCUT2D eigenvalue weighted by atomic mass is 9.94. The maximum absolute atomic E-state index is 10.5. The van der Waals surface area contributed by atoms with E-state index in [1.165, 1.54) is 25.7 Å². The second-order valence-corrected chi connectivity index (χ2v) is 6.49. The molecule has 1 aromatic rings. The van der Waals surface area contributed by atoms with Gasteiger partial charge in [0.1, 0.15) is 0 Å². The van der Waals surface area contributed by atoms with E-state index >= 15 is 0 Å². The minimum atomic E-state index is -0.923. The van der Waals surface area contributed by atoms with E-state index in [-0.39, 0.29) is 5.54 Å². The van der Waals surface area contributed by atoms with E-state index < -0.39 is 5.97 Å². The average molecular weight is 313 g/mol. The molecule has 0 heterocycles. The van der Waals surface area contributed by atoms with Gasteiger partial charge in [0.05, 0.1) is 0 Å². The van der Waals surface area contributed by atoms with Gasteiger partial charge in [0, 0.05) is 17.7 Å². The Balaban J connectivity index is 2.06. The summed E-state index contributed by atoms with van der Waals surface area (Å²) in [4.78, 5) is 10.5. The van der Waals surface area contributed by atoms with Crippen molar-refractivity contribution in [1.82, 2.24) is 5.32 Å². The predicted molar refractivity (Wildman–Crippen MR) is 96.2 cm³/mol. The van der Waals surface area contributed by atoms with Crippen molar-refractivity contribution >= 4 is 18.1 Å². The molecule has 0 spiro atoms. The molecule has 0 saturated heterocycles. The average Bonchev–Trinajstić information content (AvgIpc) is 3.00. The summed E-state index contributed by atoms with van der Waals surface area (Å²) in [5.41, 5.74) is 2.18. The highest BCUT2D eigenvalue weighted by Crippen LogP contribution is 2.32. The lowest BCUT2D eigenvalue weighted by molar-refractivity contribution is -0.131. The third-order valence-electron chi connectivity index (χ3n) is 4.59. The fourth-order valence-electron chi connectivity index (χ4n) is 3.10. The number of benzene rings is 1. The second-order valence-electron chi connectivity index (χ2n) is 6.49. The van der Waals surface area contributed by atoms with Gasteiger partial charge in [-0.05, 0) is 43.4 Å². The Morgan fingerprint density at radius 2 is 1.78 bits per heavy atom. The van der Waals surface area contributed by atoms with Crippen LogP contribution < -0.4 is 5.32 Å². The third kappa shape index (κ3) is 5.36. The van der Waals surface area contributed by atoms with E-state index in [2.05, 4.69) is 31.3 Å². The first-order valence-electron chi connectivity index (χ1n) is 8.51. The monoisotopic (exact) mass is 313 g/mol. The molecule has 1 atom stereocenters. The molecule has 0 amide bonds. The Bertz CT molecular complexity index is 566. The van der Waals surface area contributed by atoms with Crippen LogP contribution in [-0.4, -0.2) is 22.7 Å². The summed E-state index contributed by atoms with van der Waals surface area (Å²) in [6.07, 6.45) is 13.4. The van der Waals surface area contributed by atoms with Crippen LogP contribution in [0.15, 0.2) is 36.4 Å². The Labute approximate surface area is 139 Å². The van der Waals surface area contributed by atoms with Gasteiger partial charge in [0.2, 0.25) is 0 Å². The molecule has 1 aromatic carbocycles. The maximum Gasteiger partial charge on any atom is 0.328 e. The van der Waals surface area contributed by atoms with Gasteiger partial charge in [-0.3, -0.25) is 0 Å². The van der Waals surface area contributed by atoms with Crippen molar-refractivity contribution in [2.45, 2.75) is 57.5 Å². The van der Waals surface area contributed by atoms with E-state index in [4.69, 9.17) is 5.11 Å². The van der Waals surface area contributed by atoms with Gasteiger partial charge in [-0.2, -0.15) is 0 Å². The molecule has 3 heteroatoms. The third-order valence-corrected chi connectivity index (χ3v) is 4.59. The first-order valence-corrected chi connectivity index (χ1v) is 8.51. The standard InChI is InChI=1S/C20H27NO2/c1-3-16(2)21-20(13-4-5-14-20)15-12-18-8-6-17(7-9-18)10-11-19(22)23/h6-12,15-16,21H,3-5,13-14H2,1-2H3,(H,22,23)/b11-10+,15-12+. The fourth-order valence-corrected chi connectivity index (χ4v) is 3.10. The van der Waals surface area contributed by atoms with Crippen LogP contribution in [0.1, 0.15) is 57.1 Å². The van der Waals surface area contributed by atoms with Gasteiger partial charge < -0.3 is 10.4 Å². The zero-order valence-electron chi connectivity index (χ0n) is 14.1. The number of carboxylic acid groups (broad SMARTS) is 1. The zero-order valence-corrected chi connectivity index (χ0v) is 14.1. The van der Waals surface area contributed by atoms with Crippen LogP contribution in [0.5, 0.6) is 0 Å². The van der Waals surface area contributed by atoms with Crippen LogP contribution in [0.3, 0.4) is 0 Å². The molecule has 23 heavy (non-hydrogen) atoms. The highest BCUT2D eigenvalue weighted by atomic mass is 16.4. The molecule has 1 aliphatic carbocycles. The van der Waals surface area contributed by atoms with E-state index in [0.29, 0.717) is 6.04 Å². The molecular formula is C20H27NO2. The van der Waals surface area contributed by atoms with E-state index in [9.17, 15) is 4.79 Å². The predicted octanol–water partition coefficient (Wildman–Crippen LogP) is 4.50. The van der Waals surface area contributed by atoms with E-state index in [0.717, 1.165) is 23.6 Å². The number of carboxylic acids is 1. The van der Waals surface area contributed by atoms with Crippen LogP contribution in [-0.2, 0) is 4.79 Å². The van der Waals surface area contributed by atoms with Crippen molar-refractivity contribution in [2.75, 3.05) is 0 Å². The molecule has 0 aromatic heterocycles. The number of carbonyl (C=O) groups is 1. The van der Waals surface area contributed by atoms with Gasteiger partial charge in [-0.1, -0.05) is 56.2 Å². The summed E-state index contributed by atoms with van der Waals surface area (Å²) in [7, 11) is 0. The highest BCUT2D eigenvalue weighted by Gasteiger charge is 2.31. The topological polar surface area (TPSA) is 49.3 Å². The normalized spacial score (nSPS) is 18.7. The zero-order chi connectivity index (χ0) is 16.7. The number of rotatable bonds is 7. The van der Waals surface area contributed by atoms with Gasteiger partial charge in [0.15, 0.2) is 0 Å². The number of nitrogens with one attached hydrogen (secondary N) is 1. The van der Waals surface area contributed by atoms with Gasteiger partial charge >= 0.3 is 5.97 Å². The molecule has 3 nitrogen and oxygen atoms in total. The highest BCUT2D eigenvalue weighted by molar-refractivity contribution is 5.85. The molecule has 0 radical (unpaired) electrons. The Hall–Kier alpha value is -1.87. The van der Waals surface area contributed by atoms with Gasteiger partial charge in [-0.25, -0.2) is 4.79 Å². The molecule has 0 aliphatic heterocycles. The number of hydrogen-bond donors (Lipinski definition) is 2. The van der Waals surface area contributed by atoms with Crippen LogP contribution in [0, 0.1) is 0 Å². The van der Waals surface area contributed by atoms with Crippen molar-refractivity contribution in [1.29, 1.82) is 0 Å². The minimum absolute atomic E-state index is 0.136. The molecule has 2 rings (SSSR count). The molecule has 124 valence electrons. The summed E-state index contributed by atoms with van der Waals surface area (Å²) in [6.45, 7) is 4.46. The van der Waals surface area contributed by atoms with Crippen LogP contribution in [0.4, 0.5) is 0 Å². The molecular weight excluding hydrogens is 286 g/mol. The Morgan fingerprint density at radius 3 is 2.30 bits per heavy atom. The number of hydrogen-bond acceptors (Lipinski definition) is 2. The molecule has 2 N–H and O–H groups in total. The molecule has 0 bridgehead atoms. The maximum atomic E-state index is 10.5. The second kappa shape index (κ2) is 8.11. The lowest BCUT2D eigenvalue weighted by Crippen LogP contribution is -2.45. The van der Waals surface area contributed by atoms with Gasteiger partial charge in [-0.15, -0.1) is 0 Å². The first kappa shape index (κ1) is 17.5. The summed E-state index contributed by atoms with van der Waals surface area (Å²) >= 11 is 0. The summed E-state index contributed by atoms with van der Waals surface area (Å²) in [5, 5.41) is 12.4. The summed E-state index contributed by atoms with van der Waals surface area (Å²) < 4.78 is 0. The van der Waals surface area contributed by atoms with Crippen molar-refractivity contribution in [3.05, 3.63) is 47.5 Å². The first-order chi connectivity index (χ1) is 11.0. The van der Waals surface area contributed by atoms with Crippen molar-refractivity contribution in [2.24, 2.45) is 0 Å². The van der Waals surface area contributed by atoms with Crippen molar-refractivity contribution in [3.63, 3.8) is 0 Å². The van der Waals surface area contributed by atoms with E-state index in [1.54, 1.807) is 6.08 Å². The van der Waals surface area contributed by atoms with Gasteiger partial charge in [0.25, 0.3) is 0 Å². The molecule has 1 unspecified atom stereocenters.